The molecule has 25 heavy (non-hydrogen) atoms. The third-order valence-electron chi connectivity index (χ3n) is 3.28. The van der Waals surface area contributed by atoms with E-state index in [1.165, 1.54) is 0 Å². The topological polar surface area (TPSA) is 225 Å². The summed E-state index contributed by atoms with van der Waals surface area (Å²) >= 11 is 0. The number of carbonyl (C=O) groups excluding carboxylic acids is 3. The molecule has 0 aromatic carbocycles. The third-order valence-corrected chi connectivity index (χ3v) is 3.28. The quantitative estimate of drug-likeness (QED) is 0.176. The van der Waals surface area contributed by atoms with Crippen molar-refractivity contribution in [2.24, 2.45) is 0 Å². The first-order valence-corrected chi connectivity index (χ1v) is 6.55. The average Bonchev–Trinajstić information content (AvgIpc) is 2.80. The van der Waals surface area contributed by atoms with Crippen molar-refractivity contribution in [2.45, 2.75) is 36.4 Å². The highest BCUT2D eigenvalue weighted by Gasteiger charge is 2.54. The summed E-state index contributed by atoms with van der Waals surface area (Å²) in [5, 5.41) is 55.0. The van der Waals surface area contributed by atoms with Gasteiger partial charge in [0.05, 0.1) is 13.0 Å². The second-order valence-corrected chi connectivity index (χ2v) is 5.04. The molecule has 0 radical (unpaired) electrons. The van der Waals surface area contributed by atoms with E-state index < -0.39 is 72.7 Å². The van der Waals surface area contributed by atoms with Crippen LogP contribution < -0.4 is 0 Å². The Kier molecular flexibility index (Phi) is 6.15. The number of aliphatic hydroxyl groups excluding tert-OH is 3. The monoisotopic (exact) mass is 366 g/mol. The molecule has 0 spiro atoms. The smallest absolute Gasteiger partial charge is 0.379 e. The summed E-state index contributed by atoms with van der Waals surface area (Å²) in [6, 6.07) is 0. The number of hydrogen-bond donors (Lipinski definition) is 6. The van der Waals surface area contributed by atoms with Gasteiger partial charge >= 0.3 is 23.9 Å². The van der Waals surface area contributed by atoms with Crippen LogP contribution in [-0.2, 0) is 33.4 Å². The zero-order valence-electron chi connectivity index (χ0n) is 12.3. The Hall–Kier alpha value is -2.61. The van der Waals surface area contributed by atoms with Crippen LogP contribution in [0.3, 0.4) is 0 Å². The van der Waals surface area contributed by atoms with Crippen molar-refractivity contribution in [1.82, 2.24) is 0 Å². The van der Waals surface area contributed by atoms with Crippen LogP contribution >= 0.6 is 0 Å². The first-order chi connectivity index (χ1) is 11.5. The van der Waals surface area contributed by atoms with Gasteiger partial charge in [-0.1, -0.05) is 0 Å². The van der Waals surface area contributed by atoms with Gasteiger partial charge in [-0.15, -0.1) is 0 Å². The van der Waals surface area contributed by atoms with Crippen molar-refractivity contribution in [2.75, 3.05) is 6.61 Å². The van der Waals surface area contributed by atoms with E-state index in [9.17, 15) is 39.3 Å². The van der Waals surface area contributed by atoms with E-state index in [2.05, 4.69) is 9.47 Å². The van der Waals surface area contributed by atoms with Crippen molar-refractivity contribution in [3.05, 3.63) is 0 Å². The standard InChI is InChI=1S/C12H14O13/c13-2-3(14)6-7(5(17)9(19)24-6)25-10(20)8(18)12(23,11(21)22)1-4(15)16/h3,6-8,13-14,18,23H,1-2H2,(H,15,16)(H,21,22)/t3-,6+,7?,8?,12?/m0/s1. The average molecular weight is 366 g/mol. The molecule has 1 aliphatic heterocycles. The molecule has 3 unspecified atom stereocenters. The van der Waals surface area contributed by atoms with Gasteiger partial charge in [0.25, 0.3) is 5.78 Å². The third kappa shape index (κ3) is 4.08. The van der Waals surface area contributed by atoms with Crippen LogP contribution in [0.5, 0.6) is 0 Å². The number of ether oxygens (including phenoxy) is 2. The molecule has 0 aromatic rings. The predicted octanol–water partition coefficient (Wildman–Crippen LogP) is -4.60. The van der Waals surface area contributed by atoms with Crippen molar-refractivity contribution >= 4 is 29.7 Å². The second kappa shape index (κ2) is 7.52. The molecule has 0 aromatic heterocycles. The Morgan fingerprint density at radius 1 is 1.20 bits per heavy atom. The maximum atomic E-state index is 11.8. The number of carbonyl (C=O) groups is 5. The van der Waals surface area contributed by atoms with E-state index in [0.29, 0.717) is 0 Å². The van der Waals surface area contributed by atoms with Crippen LogP contribution in [-0.4, -0.2) is 96.9 Å². The van der Waals surface area contributed by atoms with Gasteiger partial charge in [-0.2, -0.15) is 0 Å². The van der Waals surface area contributed by atoms with Crippen LogP contribution in [0.15, 0.2) is 0 Å². The van der Waals surface area contributed by atoms with Gasteiger partial charge in [0.2, 0.25) is 11.7 Å². The number of carboxylic acid groups (broad SMARTS) is 2. The number of Topliss-reactive ketones (excluding diaryl/α,β-unsaturated/α-hetero) is 1. The minimum atomic E-state index is -3.49. The number of aliphatic carboxylic acids is 2. The minimum Gasteiger partial charge on any atom is -0.481 e. The zero-order chi connectivity index (χ0) is 19.5. The summed E-state index contributed by atoms with van der Waals surface area (Å²) in [4.78, 5) is 56.1. The first-order valence-electron chi connectivity index (χ1n) is 6.55. The Labute approximate surface area is 138 Å². The number of esters is 2. The van der Waals surface area contributed by atoms with E-state index in [4.69, 9.17) is 15.3 Å². The number of ketones is 1. The zero-order valence-corrected chi connectivity index (χ0v) is 12.3. The summed E-state index contributed by atoms with van der Waals surface area (Å²) < 4.78 is 8.78. The predicted molar refractivity (Wildman–Crippen MR) is 68.7 cm³/mol. The molecule has 1 aliphatic rings. The van der Waals surface area contributed by atoms with Crippen LogP contribution in [0.1, 0.15) is 6.42 Å². The highest BCUT2D eigenvalue weighted by atomic mass is 16.6. The Morgan fingerprint density at radius 3 is 2.20 bits per heavy atom. The number of hydrogen-bond acceptors (Lipinski definition) is 11. The first kappa shape index (κ1) is 20.4. The lowest BCUT2D eigenvalue weighted by atomic mass is 9.92. The van der Waals surface area contributed by atoms with E-state index in [-0.39, 0.29) is 0 Å². The Bertz CT molecular complexity index is 598. The van der Waals surface area contributed by atoms with Crippen LogP contribution in [0.4, 0.5) is 0 Å². The summed E-state index contributed by atoms with van der Waals surface area (Å²) in [7, 11) is 0. The second-order valence-electron chi connectivity index (χ2n) is 5.04. The summed E-state index contributed by atoms with van der Waals surface area (Å²) in [5.41, 5.74) is -3.49. The molecule has 140 valence electrons. The van der Waals surface area contributed by atoms with Crippen molar-refractivity contribution in [1.29, 1.82) is 0 Å². The lowest BCUT2D eigenvalue weighted by molar-refractivity contribution is -0.195. The van der Waals surface area contributed by atoms with E-state index in [1.54, 1.807) is 0 Å². The number of rotatable bonds is 8. The molecule has 13 nitrogen and oxygen atoms in total. The van der Waals surface area contributed by atoms with Gasteiger partial charge in [0.1, 0.15) is 6.10 Å². The van der Waals surface area contributed by atoms with E-state index in [0.717, 1.165) is 0 Å². The molecule has 13 heteroatoms. The summed E-state index contributed by atoms with van der Waals surface area (Å²) in [5.74, 6) is -9.10. The van der Waals surface area contributed by atoms with Gasteiger partial charge < -0.3 is 40.1 Å². The van der Waals surface area contributed by atoms with Gasteiger partial charge in [0.15, 0.2) is 12.2 Å². The van der Waals surface area contributed by atoms with Gasteiger partial charge in [0, 0.05) is 0 Å². The molecule has 0 saturated carbocycles. The van der Waals surface area contributed by atoms with Gasteiger partial charge in [-0.25, -0.2) is 14.4 Å². The van der Waals surface area contributed by atoms with E-state index >= 15 is 0 Å². The molecule has 5 atom stereocenters. The molecule has 6 N–H and O–H groups in total. The maximum absolute atomic E-state index is 11.8. The number of aliphatic hydroxyl groups is 4. The fourth-order valence-electron chi connectivity index (χ4n) is 1.92. The van der Waals surface area contributed by atoms with Gasteiger partial charge in [-0.3, -0.25) is 9.59 Å². The lowest BCUT2D eigenvalue weighted by Crippen LogP contribution is -2.56. The molecule has 0 aliphatic carbocycles. The molecule has 1 saturated heterocycles. The molecule has 1 rings (SSSR count). The molecular formula is C12H14O13. The number of carboxylic acids is 2. The van der Waals surface area contributed by atoms with Crippen LogP contribution in [0.2, 0.25) is 0 Å². The molecular weight excluding hydrogens is 352 g/mol. The SMILES string of the molecule is O=C(O)CC(O)(C(=O)O)C(O)C(=O)OC1C(=O)C(=O)O[C@@H]1[C@@H](O)CO. The minimum absolute atomic E-state index is 1.00. The fourth-order valence-corrected chi connectivity index (χ4v) is 1.92. The molecule has 0 bridgehead atoms. The molecule has 1 fully saturated rings. The Balaban J connectivity index is 3.01. The summed E-state index contributed by atoms with van der Waals surface area (Å²) in [6.07, 6.45) is -10.4. The van der Waals surface area contributed by atoms with Crippen molar-refractivity contribution in [3.63, 3.8) is 0 Å². The molecule has 1 heterocycles. The highest BCUT2D eigenvalue weighted by Crippen LogP contribution is 2.23. The largest absolute Gasteiger partial charge is 0.481 e. The van der Waals surface area contributed by atoms with Crippen LogP contribution in [0, 0.1) is 0 Å². The normalized spacial score (nSPS) is 24.8. The number of cyclic esters (lactones) is 1. The maximum Gasteiger partial charge on any atom is 0.379 e. The summed E-state index contributed by atoms with van der Waals surface area (Å²) in [6.45, 7) is -1.00. The molecule has 0 amide bonds. The van der Waals surface area contributed by atoms with Crippen LogP contribution in [0.25, 0.3) is 0 Å². The highest BCUT2D eigenvalue weighted by molar-refractivity contribution is 6.37. The Morgan fingerprint density at radius 2 is 1.76 bits per heavy atom. The van der Waals surface area contributed by atoms with Gasteiger partial charge in [-0.05, 0) is 0 Å². The lowest BCUT2D eigenvalue weighted by Gasteiger charge is -2.27. The van der Waals surface area contributed by atoms with Crippen molar-refractivity contribution < 1.29 is 64.1 Å². The fraction of sp³-hybridized carbons (Fsp3) is 0.583. The van der Waals surface area contributed by atoms with E-state index in [1.807, 2.05) is 0 Å². The van der Waals surface area contributed by atoms with Crippen molar-refractivity contribution in [3.8, 4) is 0 Å².